The van der Waals surface area contributed by atoms with Crippen molar-refractivity contribution < 1.29 is 9.90 Å². The van der Waals surface area contributed by atoms with Gasteiger partial charge in [0, 0.05) is 36.6 Å². The van der Waals surface area contributed by atoms with E-state index < -0.39 is 5.97 Å². The number of carbonyl (C=O) groups is 1. The highest BCUT2D eigenvalue weighted by molar-refractivity contribution is 6.18. The van der Waals surface area contributed by atoms with Gasteiger partial charge in [-0.25, -0.2) is 0 Å². The predicted octanol–water partition coefficient (Wildman–Crippen LogP) is 4.21. The molecule has 0 spiro atoms. The maximum absolute atomic E-state index is 10.8. The van der Waals surface area contributed by atoms with Gasteiger partial charge in [-0.3, -0.25) is 4.79 Å². The van der Waals surface area contributed by atoms with Gasteiger partial charge in [0.25, 0.3) is 0 Å². The highest BCUT2D eigenvalue weighted by Gasteiger charge is 2.15. The van der Waals surface area contributed by atoms with E-state index in [4.69, 9.17) is 34.0 Å². The lowest BCUT2D eigenvalue weighted by atomic mass is 9.91. The Bertz CT molecular complexity index is 573. The number of halogens is 2. The molecule has 0 saturated heterocycles. The molecule has 0 aromatic heterocycles. The van der Waals surface area contributed by atoms with Crippen molar-refractivity contribution in [2.24, 2.45) is 11.7 Å². The highest BCUT2D eigenvalue weighted by atomic mass is 35.5. The molecule has 0 aliphatic rings. The standard InChI is InChI=1S/C20H32Cl2N2O2/c1-14(2)10-17-12-19(24(8-6-21)9-7-22)11-16(15(17)3)4-5-18(23)13-20(25)26/h11-12,14,18H,4-10,13,23H2,1-3H3,(H,25,26)/t18-/m0/s1. The van der Waals surface area contributed by atoms with E-state index in [1.165, 1.54) is 16.7 Å². The minimum Gasteiger partial charge on any atom is -0.481 e. The summed E-state index contributed by atoms with van der Waals surface area (Å²) < 4.78 is 0. The molecule has 1 aromatic rings. The number of anilines is 1. The molecule has 0 saturated carbocycles. The molecule has 148 valence electrons. The summed E-state index contributed by atoms with van der Waals surface area (Å²) in [7, 11) is 0. The number of nitrogens with two attached hydrogens (primary N) is 1. The average Bonchev–Trinajstić information content (AvgIpc) is 2.54. The lowest BCUT2D eigenvalue weighted by Gasteiger charge is -2.26. The fourth-order valence-electron chi connectivity index (χ4n) is 3.16. The fraction of sp³-hybridized carbons (Fsp3) is 0.650. The van der Waals surface area contributed by atoms with Crippen LogP contribution in [0.25, 0.3) is 0 Å². The number of nitrogens with zero attached hydrogens (tertiary/aromatic N) is 1. The van der Waals surface area contributed by atoms with Gasteiger partial charge in [-0.05, 0) is 60.9 Å². The van der Waals surface area contributed by atoms with Crippen LogP contribution >= 0.6 is 23.2 Å². The van der Waals surface area contributed by atoms with Crippen molar-refractivity contribution in [1.29, 1.82) is 0 Å². The molecular weight excluding hydrogens is 371 g/mol. The minimum atomic E-state index is -0.848. The number of carboxylic acids is 1. The summed E-state index contributed by atoms with van der Waals surface area (Å²) >= 11 is 11.9. The van der Waals surface area contributed by atoms with Gasteiger partial charge in [0.2, 0.25) is 0 Å². The number of aryl methyl sites for hydroxylation is 1. The molecule has 26 heavy (non-hydrogen) atoms. The Morgan fingerprint density at radius 1 is 1.19 bits per heavy atom. The molecule has 1 atom stereocenters. The van der Waals surface area contributed by atoms with Gasteiger partial charge >= 0.3 is 5.97 Å². The van der Waals surface area contributed by atoms with Gasteiger partial charge in [0.15, 0.2) is 0 Å². The van der Waals surface area contributed by atoms with E-state index in [0.717, 1.165) is 31.6 Å². The molecular formula is C20H32Cl2N2O2. The second-order valence-electron chi connectivity index (χ2n) is 7.25. The molecule has 1 rings (SSSR count). The van der Waals surface area contributed by atoms with Crippen LogP contribution in [0, 0.1) is 12.8 Å². The molecule has 0 aliphatic heterocycles. The first-order valence-electron chi connectivity index (χ1n) is 9.25. The maximum Gasteiger partial charge on any atom is 0.304 e. The van der Waals surface area contributed by atoms with Crippen molar-refractivity contribution in [3.63, 3.8) is 0 Å². The fourth-order valence-corrected chi connectivity index (χ4v) is 3.56. The summed E-state index contributed by atoms with van der Waals surface area (Å²) in [6.07, 6.45) is 2.43. The van der Waals surface area contributed by atoms with Crippen LogP contribution in [0.3, 0.4) is 0 Å². The normalized spacial score (nSPS) is 12.4. The van der Waals surface area contributed by atoms with Crippen molar-refractivity contribution in [2.45, 2.75) is 52.5 Å². The van der Waals surface area contributed by atoms with Gasteiger partial charge in [0.1, 0.15) is 0 Å². The summed E-state index contributed by atoms with van der Waals surface area (Å²) in [4.78, 5) is 13.1. The van der Waals surface area contributed by atoms with Crippen LogP contribution in [0.1, 0.15) is 43.4 Å². The first-order valence-corrected chi connectivity index (χ1v) is 10.3. The van der Waals surface area contributed by atoms with Gasteiger partial charge in [-0.2, -0.15) is 0 Å². The first kappa shape index (κ1) is 23.1. The third kappa shape index (κ3) is 7.73. The molecule has 4 nitrogen and oxygen atoms in total. The Morgan fingerprint density at radius 2 is 1.77 bits per heavy atom. The third-order valence-corrected chi connectivity index (χ3v) is 4.87. The zero-order chi connectivity index (χ0) is 19.7. The summed E-state index contributed by atoms with van der Waals surface area (Å²) in [5, 5.41) is 8.90. The molecule has 0 bridgehead atoms. The van der Waals surface area contributed by atoms with E-state index in [2.05, 4.69) is 37.8 Å². The molecule has 0 unspecified atom stereocenters. The predicted molar refractivity (Wildman–Crippen MR) is 112 cm³/mol. The number of hydrogen-bond acceptors (Lipinski definition) is 3. The average molecular weight is 403 g/mol. The van der Waals surface area contributed by atoms with Crippen molar-refractivity contribution in [1.82, 2.24) is 0 Å². The van der Waals surface area contributed by atoms with E-state index in [1.54, 1.807) is 0 Å². The van der Waals surface area contributed by atoms with Crippen molar-refractivity contribution >= 4 is 34.9 Å². The zero-order valence-electron chi connectivity index (χ0n) is 16.1. The lowest BCUT2D eigenvalue weighted by Crippen LogP contribution is -2.28. The quantitative estimate of drug-likeness (QED) is 0.513. The van der Waals surface area contributed by atoms with E-state index in [9.17, 15) is 4.79 Å². The van der Waals surface area contributed by atoms with Gasteiger partial charge in [-0.15, -0.1) is 23.2 Å². The minimum absolute atomic E-state index is 0.00219. The second kappa shape index (κ2) is 11.7. The Hall–Kier alpha value is -0.970. The number of aliphatic carboxylic acids is 1. The van der Waals surface area contributed by atoms with Gasteiger partial charge < -0.3 is 15.7 Å². The largest absolute Gasteiger partial charge is 0.481 e. The van der Waals surface area contributed by atoms with Crippen LogP contribution in [0.4, 0.5) is 5.69 Å². The molecule has 0 fully saturated rings. The molecule has 1 aromatic carbocycles. The number of hydrogen-bond donors (Lipinski definition) is 2. The number of alkyl halides is 2. The summed E-state index contributed by atoms with van der Waals surface area (Å²) in [5.41, 5.74) is 10.9. The van der Waals surface area contributed by atoms with Crippen LogP contribution in [-0.4, -0.2) is 42.0 Å². The van der Waals surface area contributed by atoms with Crippen LogP contribution < -0.4 is 10.6 Å². The summed E-state index contributed by atoms with van der Waals surface area (Å²) in [6.45, 7) is 8.06. The number of rotatable bonds is 12. The molecule has 6 heteroatoms. The zero-order valence-corrected chi connectivity index (χ0v) is 17.6. The third-order valence-electron chi connectivity index (χ3n) is 4.53. The molecule has 3 N–H and O–H groups in total. The summed E-state index contributed by atoms with van der Waals surface area (Å²) in [5.74, 6) is 0.797. The van der Waals surface area contributed by atoms with Crippen LogP contribution in [0.5, 0.6) is 0 Å². The number of benzene rings is 1. The number of carboxylic acid groups (broad SMARTS) is 1. The Kier molecular flexibility index (Phi) is 10.4. The lowest BCUT2D eigenvalue weighted by molar-refractivity contribution is -0.137. The smallest absolute Gasteiger partial charge is 0.304 e. The van der Waals surface area contributed by atoms with Gasteiger partial charge in [0.05, 0.1) is 6.42 Å². The molecule has 0 heterocycles. The van der Waals surface area contributed by atoms with Gasteiger partial charge in [-0.1, -0.05) is 13.8 Å². The SMILES string of the molecule is Cc1c(CC[C@H](N)CC(=O)O)cc(N(CCCl)CCCl)cc1CC(C)C. The highest BCUT2D eigenvalue weighted by Crippen LogP contribution is 2.27. The van der Waals surface area contributed by atoms with Crippen LogP contribution in [0.15, 0.2) is 12.1 Å². The van der Waals surface area contributed by atoms with Crippen molar-refractivity contribution in [2.75, 3.05) is 29.7 Å². The monoisotopic (exact) mass is 402 g/mol. The molecule has 0 amide bonds. The molecule has 0 aliphatic carbocycles. The van der Waals surface area contributed by atoms with Crippen molar-refractivity contribution in [3.8, 4) is 0 Å². The van der Waals surface area contributed by atoms with E-state index in [0.29, 0.717) is 24.1 Å². The molecule has 0 radical (unpaired) electrons. The summed E-state index contributed by atoms with van der Waals surface area (Å²) in [6, 6.07) is 4.10. The van der Waals surface area contributed by atoms with Crippen LogP contribution in [0.2, 0.25) is 0 Å². The second-order valence-corrected chi connectivity index (χ2v) is 8.00. The maximum atomic E-state index is 10.8. The Balaban J connectivity index is 3.12. The van der Waals surface area contributed by atoms with E-state index in [1.807, 2.05) is 0 Å². The Labute approximate surface area is 167 Å². The van der Waals surface area contributed by atoms with E-state index >= 15 is 0 Å². The topological polar surface area (TPSA) is 66.6 Å². The Morgan fingerprint density at radius 3 is 2.27 bits per heavy atom. The van der Waals surface area contributed by atoms with E-state index in [-0.39, 0.29) is 12.5 Å². The first-order chi connectivity index (χ1) is 12.3. The van der Waals surface area contributed by atoms with Crippen LogP contribution in [-0.2, 0) is 17.6 Å². The van der Waals surface area contributed by atoms with Crippen molar-refractivity contribution in [3.05, 3.63) is 28.8 Å².